The summed E-state index contributed by atoms with van der Waals surface area (Å²) in [4.78, 5) is 13.7. The van der Waals surface area contributed by atoms with Crippen LogP contribution in [-0.2, 0) is 11.2 Å². The summed E-state index contributed by atoms with van der Waals surface area (Å²) in [5.74, 6) is 0.901. The Kier molecular flexibility index (Phi) is 7.27. The van der Waals surface area contributed by atoms with Crippen LogP contribution in [0.25, 0.3) is 11.4 Å². The molecule has 3 rings (SSSR count). The number of aryl methyl sites for hydroxylation is 1. The highest BCUT2D eigenvalue weighted by molar-refractivity contribution is 7.99. The number of rotatable bonds is 7. The number of amides is 1. The number of hydrogen-bond donors (Lipinski definition) is 1. The number of thiophene rings is 1. The van der Waals surface area contributed by atoms with Crippen LogP contribution in [0.4, 0.5) is 5.69 Å². The maximum Gasteiger partial charge on any atom is 0.234 e. The third-order valence-corrected chi connectivity index (χ3v) is 6.69. The van der Waals surface area contributed by atoms with Gasteiger partial charge < -0.3 is 5.32 Å². The number of hydrogen-bond acceptors (Lipinski definition) is 5. The molecule has 0 atom stereocenters. The molecule has 0 saturated carbocycles. The lowest BCUT2D eigenvalue weighted by Crippen LogP contribution is -2.15. The van der Waals surface area contributed by atoms with Crippen LogP contribution < -0.4 is 5.32 Å². The van der Waals surface area contributed by atoms with Gasteiger partial charge in [0.25, 0.3) is 0 Å². The van der Waals surface area contributed by atoms with Gasteiger partial charge in [-0.2, -0.15) is 0 Å². The molecule has 1 aromatic carbocycles. The monoisotopic (exact) mass is 468 g/mol. The summed E-state index contributed by atoms with van der Waals surface area (Å²) in [6.45, 7) is 8.47. The number of aromatic nitrogens is 3. The van der Waals surface area contributed by atoms with Crippen LogP contribution in [0.5, 0.6) is 0 Å². The first-order chi connectivity index (χ1) is 13.8. The van der Waals surface area contributed by atoms with E-state index in [0.29, 0.717) is 15.7 Å². The summed E-state index contributed by atoms with van der Waals surface area (Å²) >= 11 is 15.1. The Bertz CT molecular complexity index is 1010. The van der Waals surface area contributed by atoms with E-state index < -0.39 is 0 Å². The third kappa shape index (κ3) is 5.15. The van der Waals surface area contributed by atoms with Gasteiger partial charge in [0.1, 0.15) is 0 Å². The molecule has 5 nitrogen and oxygen atoms in total. The Balaban J connectivity index is 1.77. The number of thioether (sulfide) groups is 1. The van der Waals surface area contributed by atoms with Crippen molar-refractivity contribution >= 4 is 57.9 Å². The van der Waals surface area contributed by atoms with E-state index in [9.17, 15) is 4.79 Å². The SMILES string of the molecule is CCc1c(-c2nnc(SCC(=O)Nc3cc(Cl)cc(Cl)c3)n2C(C)C)csc1C. The maximum atomic E-state index is 12.4. The molecule has 0 radical (unpaired) electrons. The zero-order chi connectivity index (χ0) is 21.1. The van der Waals surface area contributed by atoms with Crippen LogP contribution in [0.15, 0.2) is 28.7 Å². The van der Waals surface area contributed by atoms with E-state index in [1.165, 1.54) is 22.2 Å². The first-order valence-electron chi connectivity index (χ1n) is 9.21. The molecule has 0 fully saturated rings. The molecule has 0 aliphatic heterocycles. The van der Waals surface area contributed by atoms with Crippen LogP contribution >= 0.6 is 46.3 Å². The molecule has 154 valence electrons. The zero-order valence-electron chi connectivity index (χ0n) is 16.6. The minimum absolute atomic E-state index is 0.159. The predicted octanol–water partition coefficient (Wildman–Crippen LogP) is 6.50. The maximum absolute atomic E-state index is 12.4. The Morgan fingerprint density at radius 3 is 2.55 bits per heavy atom. The number of nitrogens with one attached hydrogen (secondary N) is 1. The van der Waals surface area contributed by atoms with Gasteiger partial charge in [-0.05, 0) is 51.0 Å². The van der Waals surface area contributed by atoms with Crippen molar-refractivity contribution in [3.63, 3.8) is 0 Å². The van der Waals surface area contributed by atoms with Crippen molar-refractivity contribution < 1.29 is 4.79 Å². The summed E-state index contributed by atoms with van der Waals surface area (Å²) in [7, 11) is 0. The molecule has 29 heavy (non-hydrogen) atoms. The highest BCUT2D eigenvalue weighted by atomic mass is 35.5. The zero-order valence-corrected chi connectivity index (χ0v) is 19.8. The van der Waals surface area contributed by atoms with Gasteiger partial charge in [0.2, 0.25) is 5.91 Å². The Labute approximate surface area is 188 Å². The molecule has 0 unspecified atom stereocenters. The number of benzene rings is 1. The number of anilines is 1. The number of carbonyl (C=O) groups excluding carboxylic acids is 1. The van der Waals surface area contributed by atoms with Crippen molar-refractivity contribution in [1.29, 1.82) is 0 Å². The Hall–Kier alpha value is -1.54. The molecule has 1 N–H and O–H groups in total. The smallest absolute Gasteiger partial charge is 0.234 e. The minimum Gasteiger partial charge on any atom is -0.325 e. The predicted molar refractivity (Wildman–Crippen MR) is 124 cm³/mol. The molecule has 2 aromatic heterocycles. The second kappa shape index (κ2) is 9.51. The molecular weight excluding hydrogens is 447 g/mol. The second-order valence-corrected chi connectivity index (χ2v) is 9.70. The van der Waals surface area contributed by atoms with Crippen LogP contribution in [0.2, 0.25) is 10.0 Å². The fraction of sp³-hybridized carbons (Fsp3) is 0.350. The quantitative estimate of drug-likeness (QED) is 0.402. The van der Waals surface area contributed by atoms with Gasteiger partial charge in [0.15, 0.2) is 11.0 Å². The molecule has 0 bridgehead atoms. The largest absolute Gasteiger partial charge is 0.325 e. The molecule has 2 heterocycles. The van der Waals surface area contributed by atoms with Gasteiger partial charge in [-0.3, -0.25) is 9.36 Å². The second-order valence-electron chi connectivity index (χ2n) is 6.80. The van der Waals surface area contributed by atoms with E-state index >= 15 is 0 Å². The van der Waals surface area contributed by atoms with Crippen LogP contribution in [0.1, 0.15) is 37.3 Å². The highest BCUT2D eigenvalue weighted by Gasteiger charge is 2.21. The van der Waals surface area contributed by atoms with E-state index in [-0.39, 0.29) is 17.7 Å². The molecule has 1 amide bonds. The molecule has 3 aromatic rings. The standard InChI is InChI=1S/C20H22Cl2N4OS2/c1-5-16-12(4)28-9-17(16)19-24-25-20(26(19)11(2)3)29-10-18(27)23-15-7-13(21)6-14(22)8-15/h6-9,11H,5,10H2,1-4H3,(H,23,27). The van der Waals surface area contributed by atoms with Gasteiger partial charge in [-0.1, -0.05) is 41.9 Å². The average Bonchev–Trinajstić information content (AvgIpc) is 3.21. The Morgan fingerprint density at radius 1 is 1.24 bits per heavy atom. The fourth-order valence-corrected chi connectivity index (χ4v) is 5.42. The highest BCUT2D eigenvalue weighted by Crippen LogP contribution is 2.34. The summed E-state index contributed by atoms with van der Waals surface area (Å²) in [5.41, 5.74) is 3.00. The van der Waals surface area contributed by atoms with Crippen LogP contribution in [0, 0.1) is 6.92 Å². The van der Waals surface area contributed by atoms with Gasteiger partial charge >= 0.3 is 0 Å². The third-order valence-electron chi connectivity index (χ3n) is 4.36. The van der Waals surface area contributed by atoms with E-state index in [0.717, 1.165) is 23.0 Å². The lowest BCUT2D eigenvalue weighted by Gasteiger charge is -2.14. The molecule has 0 aliphatic carbocycles. The first kappa shape index (κ1) is 22.2. The van der Waals surface area contributed by atoms with Gasteiger partial charge in [0.05, 0.1) is 5.75 Å². The van der Waals surface area contributed by atoms with Crippen molar-refractivity contribution in [2.75, 3.05) is 11.1 Å². The van der Waals surface area contributed by atoms with Crippen molar-refractivity contribution in [3.05, 3.63) is 44.1 Å². The van der Waals surface area contributed by atoms with Crippen molar-refractivity contribution in [3.8, 4) is 11.4 Å². The van der Waals surface area contributed by atoms with Gasteiger partial charge in [-0.15, -0.1) is 21.5 Å². The fourth-order valence-electron chi connectivity index (χ4n) is 3.08. The normalized spacial score (nSPS) is 11.3. The van der Waals surface area contributed by atoms with Crippen molar-refractivity contribution in [2.24, 2.45) is 0 Å². The van der Waals surface area contributed by atoms with E-state index in [4.69, 9.17) is 23.2 Å². The summed E-state index contributed by atoms with van der Waals surface area (Å²) in [5, 5.41) is 15.4. The van der Waals surface area contributed by atoms with Gasteiger partial charge in [0, 0.05) is 37.6 Å². The summed E-state index contributed by atoms with van der Waals surface area (Å²) in [6.07, 6.45) is 0.947. The van der Waals surface area contributed by atoms with Crippen LogP contribution in [-0.4, -0.2) is 26.4 Å². The lowest BCUT2D eigenvalue weighted by molar-refractivity contribution is -0.113. The van der Waals surface area contributed by atoms with E-state index in [1.54, 1.807) is 29.5 Å². The molecular formula is C20H22Cl2N4OS2. The van der Waals surface area contributed by atoms with Gasteiger partial charge in [-0.25, -0.2) is 0 Å². The Morgan fingerprint density at radius 2 is 1.93 bits per heavy atom. The first-order valence-corrected chi connectivity index (χ1v) is 11.8. The average molecular weight is 469 g/mol. The molecule has 0 saturated heterocycles. The van der Waals surface area contributed by atoms with Crippen molar-refractivity contribution in [1.82, 2.24) is 14.8 Å². The topological polar surface area (TPSA) is 59.8 Å². The number of halogens is 2. The van der Waals surface area contributed by atoms with E-state index in [1.807, 2.05) is 0 Å². The summed E-state index contributed by atoms with van der Waals surface area (Å²) < 4.78 is 2.09. The summed E-state index contributed by atoms with van der Waals surface area (Å²) in [6, 6.07) is 5.12. The van der Waals surface area contributed by atoms with Crippen LogP contribution in [0.3, 0.4) is 0 Å². The van der Waals surface area contributed by atoms with E-state index in [2.05, 4.69) is 53.2 Å². The molecule has 0 aliphatic rings. The number of nitrogens with zero attached hydrogens (tertiary/aromatic N) is 3. The molecule has 0 spiro atoms. The lowest BCUT2D eigenvalue weighted by atomic mass is 10.1. The number of carbonyl (C=O) groups is 1. The molecule has 9 heteroatoms. The minimum atomic E-state index is -0.159. The van der Waals surface area contributed by atoms with Crippen molar-refractivity contribution in [2.45, 2.75) is 45.3 Å².